The second-order valence-electron chi connectivity index (χ2n) is 7.37. The van der Waals surface area contributed by atoms with Gasteiger partial charge in [-0.2, -0.15) is 0 Å². The first-order chi connectivity index (χ1) is 11.2. The maximum absolute atomic E-state index is 10.8. The van der Waals surface area contributed by atoms with Crippen molar-refractivity contribution < 1.29 is 19.8 Å². The van der Waals surface area contributed by atoms with Crippen LogP contribution in [0.2, 0.25) is 0 Å². The molecule has 4 atom stereocenters. The predicted molar refractivity (Wildman–Crippen MR) is 97.9 cm³/mol. The zero-order valence-corrected chi connectivity index (χ0v) is 16.0. The molecule has 4 nitrogen and oxygen atoms in total. The van der Waals surface area contributed by atoms with Gasteiger partial charge in [0.1, 0.15) is 0 Å². The van der Waals surface area contributed by atoms with Crippen LogP contribution in [0.4, 0.5) is 0 Å². The zero-order valence-electron chi connectivity index (χ0n) is 16.0. The fraction of sp³-hybridized carbons (Fsp3) is 0.800. The van der Waals surface area contributed by atoms with E-state index in [2.05, 4.69) is 32.9 Å². The van der Waals surface area contributed by atoms with Crippen LogP contribution in [0.3, 0.4) is 0 Å². The van der Waals surface area contributed by atoms with Gasteiger partial charge < -0.3 is 10.2 Å². The van der Waals surface area contributed by atoms with Crippen LogP contribution in [0, 0.1) is 29.6 Å². The van der Waals surface area contributed by atoms with Crippen molar-refractivity contribution in [1.29, 1.82) is 0 Å². The van der Waals surface area contributed by atoms with Crippen LogP contribution in [-0.2, 0) is 9.59 Å². The number of allylic oxidation sites excluding steroid dienone is 2. The van der Waals surface area contributed by atoms with Crippen molar-refractivity contribution in [3.05, 3.63) is 12.2 Å². The van der Waals surface area contributed by atoms with E-state index in [-0.39, 0.29) is 18.3 Å². The van der Waals surface area contributed by atoms with E-state index in [1.165, 1.54) is 32.1 Å². The van der Waals surface area contributed by atoms with Crippen molar-refractivity contribution in [3.8, 4) is 0 Å². The Balaban J connectivity index is 0.000000754. The summed E-state index contributed by atoms with van der Waals surface area (Å²) in [7, 11) is 0. The summed E-state index contributed by atoms with van der Waals surface area (Å²) in [5.41, 5.74) is 0. The fourth-order valence-electron chi connectivity index (χ4n) is 3.04. The highest BCUT2D eigenvalue weighted by molar-refractivity contribution is 5.68. The minimum Gasteiger partial charge on any atom is -0.481 e. The lowest BCUT2D eigenvalue weighted by Gasteiger charge is -2.35. The number of unbranched alkanes of at least 4 members (excludes halogenated alkanes) is 3. The summed E-state index contributed by atoms with van der Waals surface area (Å²) in [6.45, 7) is 10.0. The molecule has 0 aromatic heterocycles. The summed E-state index contributed by atoms with van der Waals surface area (Å²) in [6, 6.07) is 0. The average Bonchev–Trinajstić information content (AvgIpc) is 2.50. The summed E-state index contributed by atoms with van der Waals surface area (Å²) < 4.78 is 0. The Kier molecular flexibility index (Phi) is 11.4. The van der Waals surface area contributed by atoms with Gasteiger partial charge in [0, 0.05) is 0 Å². The van der Waals surface area contributed by atoms with Gasteiger partial charge in [0.15, 0.2) is 0 Å². The summed E-state index contributed by atoms with van der Waals surface area (Å²) >= 11 is 0. The number of carboxylic acid groups (broad SMARTS) is 2. The molecule has 0 fully saturated rings. The van der Waals surface area contributed by atoms with E-state index in [1.807, 2.05) is 0 Å². The smallest absolute Gasteiger partial charge is 0.305 e. The highest BCUT2D eigenvalue weighted by atomic mass is 16.4. The molecule has 0 heterocycles. The van der Waals surface area contributed by atoms with Crippen LogP contribution in [0.5, 0.6) is 0 Å². The van der Waals surface area contributed by atoms with Crippen LogP contribution >= 0.6 is 0 Å². The van der Waals surface area contributed by atoms with Crippen LogP contribution in [0.1, 0.15) is 73.1 Å². The second-order valence-corrected chi connectivity index (χ2v) is 7.37. The average molecular weight is 341 g/mol. The number of aliphatic carboxylic acids is 2. The molecule has 0 saturated heterocycles. The third kappa shape index (κ3) is 9.09. The van der Waals surface area contributed by atoms with Crippen molar-refractivity contribution in [1.82, 2.24) is 0 Å². The molecule has 1 rings (SSSR count). The van der Waals surface area contributed by atoms with Crippen molar-refractivity contribution in [2.45, 2.75) is 73.1 Å². The third-order valence-corrected chi connectivity index (χ3v) is 5.08. The third-order valence-electron chi connectivity index (χ3n) is 5.08. The molecule has 24 heavy (non-hydrogen) atoms. The Morgan fingerprint density at radius 1 is 0.958 bits per heavy atom. The van der Waals surface area contributed by atoms with E-state index < -0.39 is 11.9 Å². The second kappa shape index (κ2) is 12.1. The van der Waals surface area contributed by atoms with Gasteiger partial charge in [-0.15, -0.1) is 0 Å². The SMILES string of the molecule is CC(C)C(=O)O.CCCCCCC1C=CC(CC(=O)O)C(C)C1C. The van der Waals surface area contributed by atoms with E-state index in [0.717, 1.165) is 0 Å². The molecule has 0 saturated carbocycles. The van der Waals surface area contributed by atoms with E-state index in [0.29, 0.717) is 17.8 Å². The van der Waals surface area contributed by atoms with Crippen molar-refractivity contribution in [3.63, 3.8) is 0 Å². The van der Waals surface area contributed by atoms with Gasteiger partial charge in [-0.1, -0.05) is 72.5 Å². The summed E-state index contributed by atoms with van der Waals surface area (Å²) in [4.78, 5) is 20.5. The lowest BCUT2D eigenvalue weighted by Crippen LogP contribution is -2.29. The van der Waals surface area contributed by atoms with E-state index in [9.17, 15) is 9.59 Å². The first-order valence-electron chi connectivity index (χ1n) is 9.33. The summed E-state index contributed by atoms with van der Waals surface area (Å²) in [5.74, 6) is 0.333. The molecule has 0 spiro atoms. The van der Waals surface area contributed by atoms with Gasteiger partial charge in [0.05, 0.1) is 12.3 Å². The van der Waals surface area contributed by atoms with Crippen LogP contribution in [-0.4, -0.2) is 22.2 Å². The van der Waals surface area contributed by atoms with E-state index in [1.54, 1.807) is 13.8 Å². The highest BCUT2D eigenvalue weighted by Crippen LogP contribution is 2.37. The number of rotatable bonds is 8. The van der Waals surface area contributed by atoms with Crippen molar-refractivity contribution >= 4 is 11.9 Å². The number of carbonyl (C=O) groups is 2. The van der Waals surface area contributed by atoms with Gasteiger partial charge in [0.2, 0.25) is 0 Å². The van der Waals surface area contributed by atoms with Crippen LogP contribution in [0.15, 0.2) is 12.2 Å². The topological polar surface area (TPSA) is 74.6 Å². The standard InChI is InChI=1S/C16H28O2.C4H8O2/c1-4-5-6-7-8-14-9-10-15(11-16(17)18)13(3)12(14)2;1-3(2)4(5)6/h9-10,12-15H,4-8,11H2,1-3H3,(H,17,18);3H,1-2H3,(H,5,6). The number of carboxylic acids is 2. The first-order valence-corrected chi connectivity index (χ1v) is 9.33. The minimum atomic E-state index is -0.741. The molecule has 0 aromatic carbocycles. The quantitative estimate of drug-likeness (QED) is 0.468. The fourth-order valence-corrected chi connectivity index (χ4v) is 3.04. The molecule has 0 aliphatic heterocycles. The summed E-state index contributed by atoms with van der Waals surface area (Å²) in [5, 5.41) is 16.9. The lowest BCUT2D eigenvalue weighted by atomic mass is 9.70. The molecule has 4 unspecified atom stereocenters. The molecule has 4 heteroatoms. The Morgan fingerprint density at radius 2 is 1.46 bits per heavy atom. The minimum absolute atomic E-state index is 0.226. The molecular formula is C20H36O4. The van der Waals surface area contributed by atoms with Gasteiger partial charge in [0.25, 0.3) is 0 Å². The number of hydrogen-bond donors (Lipinski definition) is 2. The zero-order chi connectivity index (χ0) is 18.7. The first kappa shape index (κ1) is 22.7. The van der Waals surface area contributed by atoms with Gasteiger partial charge in [-0.25, -0.2) is 0 Å². The largest absolute Gasteiger partial charge is 0.481 e. The predicted octanol–water partition coefficient (Wildman–Crippen LogP) is 5.23. The lowest BCUT2D eigenvalue weighted by molar-refractivity contribution is -0.140. The molecule has 140 valence electrons. The van der Waals surface area contributed by atoms with Crippen LogP contribution < -0.4 is 0 Å². The van der Waals surface area contributed by atoms with Crippen molar-refractivity contribution in [2.75, 3.05) is 0 Å². The Hall–Kier alpha value is -1.32. The Bertz CT molecular complexity index is 400. The molecule has 0 radical (unpaired) electrons. The summed E-state index contributed by atoms with van der Waals surface area (Å²) in [6.07, 6.45) is 11.2. The van der Waals surface area contributed by atoms with E-state index in [4.69, 9.17) is 10.2 Å². The maximum Gasteiger partial charge on any atom is 0.305 e. The molecule has 1 aliphatic carbocycles. The molecule has 0 aromatic rings. The van der Waals surface area contributed by atoms with Gasteiger partial charge in [-0.05, 0) is 30.1 Å². The molecule has 0 bridgehead atoms. The molecule has 1 aliphatic rings. The highest BCUT2D eigenvalue weighted by Gasteiger charge is 2.30. The van der Waals surface area contributed by atoms with Gasteiger partial charge >= 0.3 is 11.9 Å². The Labute approximate surface area is 147 Å². The van der Waals surface area contributed by atoms with Gasteiger partial charge in [-0.3, -0.25) is 9.59 Å². The molecular weight excluding hydrogens is 304 g/mol. The Morgan fingerprint density at radius 3 is 1.92 bits per heavy atom. The molecule has 2 N–H and O–H groups in total. The van der Waals surface area contributed by atoms with E-state index >= 15 is 0 Å². The normalized spacial score (nSPS) is 25.9. The van der Waals surface area contributed by atoms with Crippen LogP contribution in [0.25, 0.3) is 0 Å². The van der Waals surface area contributed by atoms with Crippen molar-refractivity contribution in [2.24, 2.45) is 29.6 Å². The molecule has 0 amide bonds. The number of hydrogen-bond acceptors (Lipinski definition) is 2. The monoisotopic (exact) mass is 340 g/mol. The maximum atomic E-state index is 10.8.